The molecule has 164 valence electrons. The summed E-state index contributed by atoms with van der Waals surface area (Å²) in [6.45, 7) is 3.01. The van der Waals surface area contributed by atoms with Gasteiger partial charge in [-0.05, 0) is 56.9 Å². The van der Waals surface area contributed by atoms with E-state index in [1.807, 2.05) is 74.4 Å². The van der Waals surface area contributed by atoms with Gasteiger partial charge in [-0.25, -0.2) is 0 Å². The highest BCUT2D eigenvalue weighted by Crippen LogP contribution is 2.25. The number of rotatable bonds is 10. The first-order chi connectivity index (χ1) is 15.0. The number of ether oxygens (including phenoxy) is 1. The quantitative estimate of drug-likeness (QED) is 0.508. The van der Waals surface area contributed by atoms with E-state index < -0.39 is 0 Å². The van der Waals surface area contributed by atoms with Crippen LogP contribution in [-0.2, 0) is 11.2 Å². The second-order valence-corrected chi connectivity index (χ2v) is 7.68. The molecule has 0 aliphatic carbocycles. The Morgan fingerprint density at radius 1 is 1.19 bits per heavy atom. The Kier molecular flexibility index (Phi) is 8.03. The van der Waals surface area contributed by atoms with Gasteiger partial charge in [0.2, 0.25) is 17.6 Å². The zero-order chi connectivity index (χ0) is 22.2. The van der Waals surface area contributed by atoms with Crippen LogP contribution in [0.15, 0.2) is 53.1 Å². The van der Waals surface area contributed by atoms with Crippen LogP contribution >= 0.6 is 11.6 Å². The summed E-state index contributed by atoms with van der Waals surface area (Å²) in [7, 11) is 3.92. The molecule has 0 spiro atoms. The van der Waals surface area contributed by atoms with E-state index in [0.29, 0.717) is 36.3 Å². The van der Waals surface area contributed by atoms with E-state index in [1.165, 1.54) is 0 Å². The first kappa shape index (κ1) is 22.8. The predicted molar refractivity (Wildman–Crippen MR) is 120 cm³/mol. The smallest absolute Gasteiger partial charge is 0.227 e. The minimum absolute atomic E-state index is 0.0210. The Labute approximate surface area is 187 Å². The highest BCUT2D eigenvalue weighted by Gasteiger charge is 2.18. The lowest BCUT2D eigenvalue weighted by Gasteiger charge is -2.26. The number of aryl methyl sites for hydroxylation is 1. The fourth-order valence-corrected chi connectivity index (χ4v) is 3.44. The number of nitrogens with zero attached hydrogens (tertiary/aromatic N) is 3. The molecular weight excluding hydrogens is 416 g/mol. The van der Waals surface area contributed by atoms with Crippen molar-refractivity contribution < 1.29 is 14.1 Å². The maximum atomic E-state index is 12.4. The lowest BCUT2D eigenvalue weighted by atomic mass is 10.1. The molecule has 1 unspecified atom stereocenters. The van der Waals surface area contributed by atoms with Crippen molar-refractivity contribution in [2.24, 2.45) is 0 Å². The van der Waals surface area contributed by atoms with Gasteiger partial charge in [0.05, 0.1) is 12.6 Å². The molecule has 3 rings (SSSR count). The van der Waals surface area contributed by atoms with Gasteiger partial charge in [-0.1, -0.05) is 35.0 Å². The van der Waals surface area contributed by atoms with Gasteiger partial charge in [0.1, 0.15) is 5.75 Å². The molecule has 0 aliphatic rings. The summed E-state index contributed by atoms with van der Waals surface area (Å²) in [5.74, 6) is 1.62. The largest absolute Gasteiger partial charge is 0.494 e. The molecular formula is C23H27ClN4O3. The Bertz CT molecular complexity index is 988. The third kappa shape index (κ3) is 6.29. The average molecular weight is 443 g/mol. The normalized spacial score (nSPS) is 12.0. The topological polar surface area (TPSA) is 80.5 Å². The van der Waals surface area contributed by atoms with Gasteiger partial charge < -0.3 is 19.5 Å². The van der Waals surface area contributed by atoms with E-state index in [1.54, 1.807) is 0 Å². The number of amides is 1. The molecule has 2 aromatic carbocycles. The van der Waals surface area contributed by atoms with Gasteiger partial charge >= 0.3 is 0 Å². The Balaban J connectivity index is 1.52. The third-order valence-electron chi connectivity index (χ3n) is 4.84. The summed E-state index contributed by atoms with van der Waals surface area (Å²) in [5.41, 5.74) is 1.81. The van der Waals surface area contributed by atoms with E-state index in [2.05, 4.69) is 15.5 Å². The summed E-state index contributed by atoms with van der Waals surface area (Å²) in [6.07, 6.45) is 0.627. The van der Waals surface area contributed by atoms with Crippen LogP contribution in [0.5, 0.6) is 5.75 Å². The molecule has 1 amide bonds. The van der Waals surface area contributed by atoms with E-state index in [-0.39, 0.29) is 18.4 Å². The molecule has 31 heavy (non-hydrogen) atoms. The summed E-state index contributed by atoms with van der Waals surface area (Å²) >= 11 is 6.32. The fraction of sp³-hybridized carbons (Fsp3) is 0.348. The minimum atomic E-state index is -0.0836. The molecule has 1 N–H and O–H groups in total. The number of nitrogens with one attached hydrogen (secondary N) is 1. The minimum Gasteiger partial charge on any atom is -0.494 e. The van der Waals surface area contributed by atoms with Gasteiger partial charge in [-0.3, -0.25) is 4.79 Å². The predicted octanol–water partition coefficient (Wildman–Crippen LogP) is 4.14. The number of likely N-dealkylation sites (N-methyl/N-ethyl adjacent to an activating group) is 1. The summed E-state index contributed by atoms with van der Waals surface area (Å²) in [5, 5.41) is 7.66. The second-order valence-electron chi connectivity index (χ2n) is 7.27. The highest BCUT2D eigenvalue weighted by atomic mass is 35.5. The second kappa shape index (κ2) is 10.9. The van der Waals surface area contributed by atoms with E-state index in [4.69, 9.17) is 20.9 Å². The van der Waals surface area contributed by atoms with Gasteiger partial charge in [0, 0.05) is 30.0 Å². The molecule has 1 aromatic heterocycles. The highest BCUT2D eigenvalue weighted by molar-refractivity contribution is 6.31. The van der Waals surface area contributed by atoms with Gasteiger partial charge in [0.25, 0.3) is 0 Å². The molecule has 1 atom stereocenters. The van der Waals surface area contributed by atoms with Crippen molar-refractivity contribution in [2.45, 2.75) is 25.8 Å². The standard InChI is InChI=1S/C23H27ClN4O3/c1-4-30-17-11-9-16(10-12-17)23-26-22(31-27-23)14-13-21(29)25-15-20(28(2)3)18-7-5-6-8-19(18)24/h5-12,20H,4,13-15H2,1-3H3,(H,25,29). The van der Waals surface area contributed by atoms with Crippen LogP contribution in [0, 0.1) is 0 Å². The van der Waals surface area contributed by atoms with Crippen molar-refractivity contribution in [2.75, 3.05) is 27.2 Å². The Morgan fingerprint density at radius 2 is 1.94 bits per heavy atom. The van der Waals surface area contributed by atoms with Gasteiger partial charge in [-0.2, -0.15) is 4.98 Å². The monoisotopic (exact) mass is 442 g/mol. The maximum absolute atomic E-state index is 12.4. The first-order valence-electron chi connectivity index (χ1n) is 10.2. The Morgan fingerprint density at radius 3 is 2.61 bits per heavy atom. The van der Waals surface area contributed by atoms with Crippen LogP contribution in [0.25, 0.3) is 11.4 Å². The van der Waals surface area contributed by atoms with Crippen LogP contribution in [-0.4, -0.2) is 48.2 Å². The molecule has 0 radical (unpaired) electrons. The van der Waals surface area contributed by atoms with Crippen LogP contribution in [0.1, 0.15) is 30.8 Å². The van der Waals surface area contributed by atoms with Crippen LogP contribution in [0.2, 0.25) is 5.02 Å². The molecule has 0 saturated heterocycles. The van der Waals surface area contributed by atoms with Crippen molar-refractivity contribution in [3.8, 4) is 17.1 Å². The van der Waals surface area contributed by atoms with Crippen LogP contribution < -0.4 is 10.1 Å². The third-order valence-corrected chi connectivity index (χ3v) is 5.18. The number of carbonyl (C=O) groups excluding carboxylic acids is 1. The zero-order valence-corrected chi connectivity index (χ0v) is 18.7. The number of hydrogen-bond donors (Lipinski definition) is 1. The summed E-state index contributed by atoms with van der Waals surface area (Å²) < 4.78 is 10.7. The van der Waals surface area contributed by atoms with Gasteiger partial charge in [0.15, 0.2) is 0 Å². The molecule has 0 bridgehead atoms. The number of halogens is 1. The van der Waals surface area contributed by atoms with E-state index in [0.717, 1.165) is 16.9 Å². The lowest BCUT2D eigenvalue weighted by molar-refractivity contribution is -0.121. The first-order valence-corrected chi connectivity index (χ1v) is 10.6. The van der Waals surface area contributed by atoms with Crippen LogP contribution in [0.3, 0.4) is 0 Å². The molecule has 8 heteroatoms. The SMILES string of the molecule is CCOc1ccc(-c2noc(CCC(=O)NCC(c3ccccc3Cl)N(C)C)n2)cc1. The van der Waals surface area contributed by atoms with E-state index in [9.17, 15) is 4.79 Å². The number of carbonyl (C=O) groups is 1. The van der Waals surface area contributed by atoms with Crippen LogP contribution in [0.4, 0.5) is 0 Å². The number of hydrogen-bond acceptors (Lipinski definition) is 6. The molecule has 0 fully saturated rings. The molecule has 0 aliphatic heterocycles. The zero-order valence-electron chi connectivity index (χ0n) is 18.0. The molecule has 0 saturated carbocycles. The lowest BCUT2D eigenvalue weighted by Crippen LogP contribution is -2.34. The van der Waals surface area contributed by atoms with Crippen molar-refractivity contribution in [1.82, 2.24) is 20.4 Å². The van der Waals surface area contributed by atoms with Crippen molar-refractivity contribution in [3.05, 3.63) is 65.0 Å². The summed E-state index contributed by atoms with van der Waals surface area (Å²) in [6, 6.07) is 15.1. The van der Waals surface area contributed by atoms with Crippen molar-refractivity contribution in [3.63, 3.8) is 0 Å². The number of benzene rings is 2. The Hall–Kier alpha value is -2.90. The molecule has 7 nitrogen and oxygen atoms in total. The van der Waals surface area contributed by atoms with Crippen molar-refractivity contribution in [1.29, 1.82) is 0 Å². The van der Waals surface area contributed by atoms with Crippen molar-refractivity contribution >= 4 is 17.5 Å². The summed E-state index contributed by atoms with van der Waals surface area (Å²) in [4.78, 5) is 18.8. The van der Waals surface area contributed by atoms with Gasteiger partial charge in [-0.15, -0.1) is 0 Å². The number of aromatic nitrogens is 2. The fourth-order valence-electron chi connectivity index (χ4n) is 3.18. The molecule has 1 heterocycles. The maximum Gasteiger partial charge on any atom is 0.227 e. The molecule has 3 aromatic rings. The van der Waals surface area contributed by atoms with E-state index >= 15 is 0 Å². The average Bonchev–Trinajstić information content (AvgIpc) is 3.23.